The summed E-state index contributed by atoms with van der Waals surface area (Å²) in [7, 11) is 0. The summed E-state index contributed by atoms with van der Waals surface area (Å²) >= 11 is 1.31. The number of nitrogens with zero attached hydrogens (tertiary/aromatic N) is 3. The number of amides is 3. The molecule has 8 heteroatoms. The summed E-state index contributed by atoms with van der Waals surface area (Å²) in [5.74, 6) is 0.811. The summed E-state index contributed by atoms with van der Waals surface area (Å²) in [6.45, 7) is 2.17. The fourth-order valence-corrected chi connectivity index (χ4v) is 5.94. The second-order valence-electron chi connectivity index (χ2n) is 8.84. The van der Waals surface area contributed by atoms with Crippen molar-refractivity contribution in [1.82, 2.24) is 15.3 Å². The number of hydrogen-bond acceptors (Lipinski definition) is 5. The molecule has 0 spiro atoms. The van der Waals surface area contributed by atoms with E-state index < -0.39 is 0 Å². The zero-order valence-corrected chi connectivity index (χ0v) is 19.4. The van der Waals surface area contributed by atoms with E-state index in [1.807, 2.05) is 42.5 Å². The standard InChI is InChI=1S/C26H23N5O2S/c1-15-6-5-9-18(15)29-24(32)23-22-21-19(11-13-28-25(21)34-23)31(26(33)30-22)20-14-17(10-12-27-20)16-7-3-2-4-8-16/h2-4,7-8,10-15,18H,5-6,9H2,1H3,(H,29,32)(H,30,33)/t15-,18+/m0/s1. The minimum absolute atomic E-state index is 0.152. The highest BCUT2D eigenvalue weighted by Gasteiger charge is 2.34. The van der Waals surface area contributed by atoms with Gasteiger partial charge in [-0.15, -0.1) is 11.3 Å². The minimum Gasteiger partial charge on any atom is -0.348 e. The lowest BCUT2D eigenvalue weighted by Crippen LogP contribution is -2.38. The van der Waals surface area contributed by atoms with Crippen LogP contribution in [-0.4, -0.2) is 27.9 Å². The van der Waals surface area contributed by atoms with Gasteiger partial charge < -0.3 is 10.6 Å². The number of benzene rings is 1. The Kier molecular flexibility index (Phi) is 5.03. The molecule has 1 aliphatic heterocycles. The van der Waals surface area contributed by atoms with Crippen molar-refractivity contribution < 1.29 is 9.59 Å². The monoisotopic (exact) mass is 469 g/mol. The molecule has 4 aromatic rings. The molecule has 4 heterocycles. The molecule has 0 unspecified atom stereocenters. The number of carbonyl (C=O) groups is 2. The minimum atomic E-state index is -0.348. The summed E-state index contributed by atoms with van der Waals surface area (Å²) in [4.78, 5) is 38.3. The molecule has 170 valence electrons. The van der Waals surface area contributed by atoms with E-state index in [1.165, 1.54) is 11.3 Å². The molecule has 1 fully saturated rings. The summed E-state index contributed by atoms with van der Waals surface area (Å²) in [5, 5.41) is 6.90. The molecule has 0 bridgehead atoms. The topological polar surface area (TPSA) is 87.2 Å². The number of rotatable bonds is 4. The van der Waals surface area contributed by atoms with Crippen molar-refractivity contribution >= 4 is 50.7 Å². The Balaban J connectivity index is 1.41. The van der Waals surface area contributed by atoms with Crippen LogP contribution in [0.15, 0.2) is 60.9 Å². The van der Waals surface area contributed by atoms with E-state index in [0.717, 1.165) is 35.8 Å². The Morgan fingerprint density at radius 3 is 2.71 bits per heavy atom. The summed E-state index contributed by atoms with van der Waals surface area (Å²) in [6, 6.07) is 15.4. The summed E-state index contributed by atoms with van der Waals surface area (Å²) in [5.41, 5.74) is 3.21. The van der Waals surface area contributed by atoms with Crippen LogP contribution in [0.5, 0.6) is 0 Å². The van der Waals surface area contributed by atoms with Crippen LogP contribution >= 0.6 is 11.3 Å². The number of pyridine rings is 2. The molecule has 1 aromatic carbocycles. The van der Waals surface area contributed by atoms with E-state index in [0.29, 0.717) is 32.8 Å². The average molecular weight is 470 g/mol. The van der Waals surface area contributed by atoms with Crippen molar-refractivity contribution in [2.75, 3.05) is 10.2 Å². The molecule has 0 radical (unpaired) electrons. The number of urea groups is 1. The van der Waals surface area contributed by atoms with Gasteiger partial charge in [-0.2, -0.15) is 0 Å². The van der Waals surface area contributed by atoms with Crippen LogP contribution in [0.4, 0.5) is 22.0 Å². The smallest absolute Gasteiger partial charge is 0.332 e. The second-order valence-corrected chi connectivity index (χ2v) is 9.84. The lowest BCUT2D eigenvalue weighted by atomic mass is 10.1. The molecule has 0 saturated heterocycles. The molecule has 2 aliphatic rings. The van der Waals surface area contributed by atoms with Gasteiger partial charge in [-0.3, -0.25) is 4.79 Å². The van der Waals surface area contributed by atoms with Crippen molar-refractivity contribution in [3.63, 3.8) is 0 Å². The largest absolute Gasteiger partial charge is 0.348 e. The van der Waals surface area contributed by atoms with E-state index in [1.54, 1.807) is 23.4 Å². The molecule has 3 aromatic heterocycles. The molecule has 1 aliphatic carbocycles. The SMILES string of the molecule is C[C@H]1CCC[C@H]1NC(=O)c1sc2nccc3c2c1NC(=O)N3c1cc(-c2ccccc2)ccn1. The number of carbonyl (C=O) groups excluding carboxylic acids is 2. The molecule has 1 saturated carbocycles. The molecule has 2 atom stereocenters. The Morgan fingerprint density at radius 2 is 1.91 bits per heavy atom. The number of anilines is 3. The Hall–Kier alpha value is -3.78. The molecular formula is C26H23N5O2S. The third-order valence-corrected chi connectivity index (χ3v) is 7.81. The van der Waals surface area contributed by atoms with E-state index in [2.05, 4.69) is 27.5 Å². The highest BCUT2D eigenvalue weighted by atomic mass is 32.1. The number of aromatic nitrogens is 2. The molecule has 34 heavy (non-hydrogen) atoms. The first-order valence-electron chi connectivity index (χ1n) is 11.4. The lowest BCUT2D eigenvalue weighted by molar-refractivity contribution is 0.0934. The summed E-state index contributed by atoms with van der Waals surface area (Å²) < 4.78 is 0. The predicted octanol–water partition coefficient (Wildman–Crippen LogP) is 5.96. The predicted molar refractivity (Wildman–Crippen MR) is 135 cm³/mol. The highest BCUT2D eigenvalue weighted by molar-refractivity contribution is 7.21. The Bertz CT molecular complexity index is 1420. The molecular weight excluding hydrogens is 446 g/mol. The first-order chi connectivity index (χ1) is 16.6. The van der Waals surface area contributed by atoms with E-state index in [4.69, 9.17) is 0 Å². The second kappa shape index (κ2) is 8.22. The van der Waals surface area contributed by atoms with Gasteiger partial charge in [0.15, 0.2) is 0 Å². The maximum Gasteiger partial charge on any atom is 0.332 e. The quantitative estimate of drug-likeness (QED) is 0.386. The zero-order valence-electron chi connectivity index (χ0n) is 18.6. The fraction of sp³-hybridized carbons (Fsp3) is 0.231. The first-order valence-corrected chi connectivity index (χ1v) is 12.3. The van der Waals surface area contributed by atoms with Crippen LogP contribution in [0, 0.1) is 5.92 Å². The molecule has 3 amide bonds. The summed E-state index contributed by atoms with van der Waals surface area (Å²) in [6.07, 6.45) is 6.61. The normalized spacial score (nSPS) is 19.3. The Morgan fingerprint density at radius 1 is 1.09 bits per heavy atom. The van der Waals surface area contributed by atoms with Crippen LogP contribution in [0.3, 0.4) is 0 Å². The third-order valence-electron chi connectivity index (χ3n) is 6.71. The number of nitrogens with one attached hydrogen (secondary N) is 2. The van der Waals surface area contributed by atoms with Crippen molar-refractivity contribution in [3.05, 3.63) is 65.8 Å². The fourth-order valence-electron chi connectivity index (χ4n) is 4.92. The maximum absolute atomic E-state index is 13.3. The van der Waals surface area contributed by atoms with Gasteiger partial charge in [-0.1, -0.05) is 43.7 Å². The van der Waals surface area contributed by atoms with Crippen molar-refractivity contribution in [1.29, 1.82) is 0 Å². The number of hydrogen-bond donors (Lipinski definition) is 2. The molecule has 7 nitrogen and oxygen atoms in total. The first kappa shape index (κ1) is 20.8. The molecule has 6 rings (SSSR count). The van der Waals surface area contributed by atoms with Crippen molar-refractivity contribution in [2.45, 2.75) is 32.2 Å². The zero-order chi connectivity index (χ0) is 23.2. The van der Waals surface area contributed by atoms with E-state index >= 15 is 0 Å². The van der Waals surface area contributed by atoms with Gasteiger partial charge in [0.05, 0.1) is 16.8 Å². The highest BCUT2D eigenvalue weighted by Crippen LogP contribution is 2.45. The maximum atomic E-state index is 13.3. The van der Waals surface area contributed by atoms with Crippen LogP contribution in [0.1, 0.15) is 35.9 Å². The van der Waals surface area contributed by atoms with Gasteiger partial charge in [0, 0.05) is 18.4 Å². The van der Waals surface area contributed by atoms with Crippen LogP contribution in [-0.2, 0) is 0 Å². The Labute approximate surface area is 200 Å². The van der Waals surface area contributed by atoms with Gasteiger partial charge in [0.25, 0.3) is 5.91 Å². The van der Waals surface area contributed by atoms with E-state index in [-0.39, 0.29) is 18.0 Å². The van der Waals surface area contributed by atoms with Crippen LogP contribution < -0.4 is 15.5 Å². The lowest BCUT2D eigenvalue weighted by Gasteiger charge is -2.27. The van der Waals surface area contributed by atoms with E-state index in [9.17, 15) is 9.59 Å². The van der Waals surface area contributed by atoms with Crippen LogP contribution in [0.2, 0.25) is 0 Å². The van der Waals surface area contributed by atoms with Crippen molar-refractivity contribution in [2.24, 2.45) is 5.92 Å². The van der Waals surface area contributed by atoms with Crippen molar-refractivity contribution in [3.8, 4) is 11.1 Å². The third kappa shape index (κ3) is 3.42. The van der Waals surface area contributed by atoms with Gasteiger partial charge >= 0.3 is 6.03 Å². The molecule has 2 N–H and O–H groups in total. The van der Waals surface area contributed by atoms with Crippen LogP contribution in [0.25, 0.3) is 21.3 Å². The van der Waals surface area contributed by atoms with Gasteiger partial charge in [0.1, 0.15) is 15.5 Å². The van der Waals surface area contributed by atoms with Gasteiger partial charge in [-0.05, 0) is 48.1 Å². The number of thiophene rings is 1. The van der Waals surface area contributed by atoms with Gasteiger partial charge in [0.2, 0.25) is 0 Å². The average Bonchev–Trinajstić information content (AvgIpc) is 3.44. The van der Waals surface area contributed by atoms with Gasteiger partial charge in [-0.25, -0.2) is 19.7 Å².